The van der Waals surface area contributed by atoms with Crippen LogP contribution in [0.3, 0.4) is 0 Å². The Morgan fingerprint density at radius 2 is 1.75 bits per heavy atom. The van der Waals surface area contributed by atoms with Gasteiger partial charge < -0.3 is 15.4 Å². The molecule has 1 amide bonds. The quantitative estimate of drug-likeness (QED) is 0.689. The number of esters is 1. The third-order valence-corrected chi connectivity index (χ3v) is 6.29. The van der Waals surface area contributed by atoms with Crippen molar-refractivity contribution in [2.75, 3.05) is 13.1 Å². The molecular weight excluding hydrogens is 393 g/mol. The monoisotopic (exact) mass is 418 g/mol. The van der Waals surface area contributed by atoms with Gasteiger partial charge in [0.1, 0.15) is 11.6 Å². The van der Waals surface area contributed by atoms with Crippen molar-refractivity contribution >= 4 is 23.6 Å². The zero-order chi connectivity index (χ0) is 20.9. The summed E-state index contributed by atoms with van der Waals surface area (Å²) in [5.41, 5.74) is 5.52. The first kappa shape index (κ1) is 22.5. The molecule has 1 saturated heterocycles. The Bertz CT molecular complexity index is 677. The van der Waals surface area contributed by atoms with Crippen molar-refractivity contribution in [1.82, 2.24) is 4.90 Å². The second kappa shape index (κ2) is 9.17. The van der Waals surface area contributed by atoms with Crippen LogP contribution in [-0.4, -0.2) is 52.9 Å². The van der Waals surface area contributed by atoms with Crippen LogP contribution in [0.15, 0.2) is 30.3 Å². The summed E-state index contributed by atoms with van der Waals surface area (Å²) in [4.78, 5) is 25.8. The number of benzene rings is 1. The molecule has 1 heterocycles. The van der Waals surface area contributed by atoms with Crippen LogP contribution in [0.4, 0.5) is 13.2 Å². The highest BCUT2D eigenvalue weighted by molar-refractivity contribution is 7.99. The Hall–Kier alpha value is -1.74. The first-order chi connectivity index (χ1) is 13.0. The number of rotatable bonds is 7. The Balaban J connectivity index is 2.20. The van der Waals surface area contributed by atoms with E-state index in [-0.39, 0.29) is 5.91 Å². The fraction of sp³-hybridized carbons (Fsp3) is 0.579. The van der Waals surface area contributed by atoms with Crippen molar-refractivity contribution in [3.8, 4) is 0 Å². The van der Waals surface area contributed by atoms with Gasteiger partial charge in [-0.15, -0.1) is 11.8 Å². The van der Waals surface area contributed by atoms with E-state index in [9.17, 15) is 22.8 Å². The van der Waals surface area contributed by atoms with Gasteiger partial charge in [-0.1, -0.05) is 30.3 Å². The van der Waals surface area contributed by atoms with Crippen molar-refractivity contribution in [1.29, 1.82) is 0 Å². The summed E-state index contributed by atoms with van der Waals surface area (Å²) in [7, 11) is 0. The zero-order valence-corrected chi connectivity index (χ0v) is 16.7. The van der Waals surface area contributed by atoms with E-state index in [0.717, 1.165) is 18.4 Å². The lowest BCUT2D eigenvalue weighted by molar-refractivity contribution is -0.211. The van der Waals surface area contributed by atoms with Gasteiger partial charge in [-0.25, -0.2) is 4.79 Å². The Kier molecular flexibility index (Phi) is 7.39. The first-order valence-electron chi connectivity index (χ1n) is 9.02. The van der Waals surface area contributed by atoms with E-state index in [4.69, 9.17) is 10.5 Å². The topological polar surface area (TPSA) is 72.6 Å². The maximum Gasteiger partial charge on any atom is 0.490 e. The maximum absolute atomic E-state index is 12.8. The number of carbonyl (C=O) groups excluding carboxylic acids is 2. The average Bonchev–Trinajstić information content (AvgIpc) is 3.15. The number of halogens is 3. The van der Waals surface area contributed by atoms with Gasteiger partial charge in [-0.05, 0) is 32.3 Å². The molecule has 1 aromatic carbocycles. The van der Waals surface area contributed by atoms with Gasteiger partial charge in [0.15, 0.2) is 0 Å². The molecule has 1 aliphatic rings. The summed E-state index contributed by atoms with van der Waals surface area (Å²) >= 11 is 1.21. The van der Waals surface area contributed by atoms with E-state index in [1.807, 2.05) is 30.3 Å². The van der Waals surface area contributed by atoms with Crippen LogP contribution in [0.5, 0.6) is 0 Å². The Morgan fingerprint density at radius 1 is 1.18 bits per heavy atom. The van der Waals surface area contributed by atoms with Crippen molar-refractivity contribution in [2.24, 2.45) is 5.73 Å². The van der Waals surface area contributed by atoms with Crippen LogP contribution in [-0.2, 0) is 20.1 Å². The van der Waals surface area contributed by atoms with Crippen molar-refractivity contribution in [3.63, 3.8) is 0 Å². The predicted molar refractivity (Wildman–Crippen MR) is 102 cm³/mol. The number of nitrogens with two attached hydrogens (primary N) is 1. The molecule has 0 spiro atoms. The number of amides is 1. The van der Waals surface area contributed by atoms with E-state index in [2.05, 4.69) is 0 Å². The molecule has 1 unspecified atom stereocenters. The smallest absolute Gasteiger partial charge is 0.452 e. The van der Waals surface area contributed by atoms with Crippen LogP contribution < -0.4 is 5.73 Å². The number of carbonyl (C=O) groups is 2. The fourth-order valence-corrected chi connectivity index (χ4v) is 4.47. The van der Waals surface area contributed by atoms with Crippen LogP contribution in [0.2, 0.25) is 0 Å². The van der Waals surface area contributed by atoms with Crippen molar-refractivity contribution in [3.05, 3.63) is 35.9 Å². The van der Waals surface area contributed by atoms with Crippen molar-refractivity contribution in [2.45, 2.75) is 55.5 Å². The highest BCUT2D eigenvalue weighted by Crippen LogP contribution is 2.34. The summed E-state index contributed by atoms with van der Waals surface area (Å²) in [5, 5.41) is -0.855. The lowest BCUT2D eigenvalue weighted by Gasteiger charge is -2.37. The molecule has 0 aliphatic carbocycles. The predicted octanol–water partition coefficient (Wildman–Crippen LogP) is 3.12. The summed E-state index contributed by atoms with van der Waals surface area (Å²) in [6.45, 7) is 3.86. The van der Waals surface area contributed by atoms with E-state index in [0.29, 0.717) is 18.8 Å². The molecule has 28 heavy (non-hydrogen) atoms. The number of likely N-dealkylation sites (tertiary alicyclic amines) is 1. The Morgan fingerprint density at radius 3 is 2.29 bits per heavy atom. The summed E-state index contributed by atoms with van der Waals surface area (Å²) in [6, 6.07) is 8.18. The standard InChI is InChI=1S/C19H25F3N2O3S/c1-18(2,27-17(26)19(20,21)22)15(28-12-13-8-4-3-5-9-13)14(23)16(25)24-10-6-7-11-24/h3-5,8-9,14-15H,6-7,10-12,23H2,1-2H3/t14-,15?/m0/s1. The van der Waals surface area contributed by atoms with E-state index >= 15 is 0 Å². The van der Waals surface area contributed by atoms with E-state index in [1.165, 1.54) is 25.6 Å². The Labute approximate surface area is 166 Å². The molecule has 2 N–H and O–H groups in total. The van der Waals surface area contributed by atoms with E-state index < -0.39 is 29.0 Å². The number of alkyl halides is 3. The molecule has 0 radical (unpaired) electrons. The highest BCUT2D eigenvalue weighted by Gasteiger charge is 2.48. The maximum atomic E-state index is 12.8. The fourth-order valence-electron chi connectivity index (χ4n) is 3.13. The molecule has 5 nitrogen and oxygen atoms in total. The van der Waals surface area contributed by atoms with Gasteiger partial charge in [0, 0.05) is 18.8 Å². The van der Waals surface area contributed by atoms with Crippen LogP contribution in [0.1, 0.15) is 32.3 Å². The third kappa shape index (κ3) is 5.88. The highest BCUT2D eigenvalue weighted by atomic mass is 32.2. The molecule has 1 aliphatic heterocycles. The molecule has 0 aromatic heterocycles. The lowest BCUT2D eigenvalue weighted by atomic mass is 9.97. The average molecular weight is 418 g/mol. The van der Waals surface area contributed by atoms with Gasteiger partial charge in [0.05, 0.1) is 5.25 Å². The third-order valence-electron chi connectivity index (χ3n) is 4.57. The van der Waals surface area contributed by atoms with Gasteiger partial charge in [0.25, 0.3) is 0 Å². The van der Waals surface area contributed by atoms with Crippen LogP contribution in [0, 0.1) is 0 Å². The molecule has 1 fully saturated rings. The lowest BCUT2D eigenvalue weighted by Crippen LogP contribution is -2.57. The summed E-state index contributed by atoms with van der Waals surface area (Å²) < 4.78 is 42.9. The minimum absolute atomic E-state index is 0.334. The molecule has 156 valence electrons. The number of thioether (sulfide) groups is 1. The van der Waals surface area contributed by atoms with Gasteiger partial charge >= 0.3 is 12.1 Å². The molecule has 2 atom stereocenters. The van der Waals surface area contributed by atoms with Gasteiger partial charge in [-0.3, -0.25) is 4.79 Å². The second-order valence-electron chi connectivity index (χ2n) is 7.27. The van der Waals surface area contributed by atoms with E-state index in [1.54, 1.807) is 4.90 Å². The molecule has 2 rings (SSSR count). The molecule has 1 aromatic rings. The minimum atomic E-state index is -5.12. The summed E-state index contributed by atoms with van der Waals surface area (Å²) in [5.74, 6) is -2.21. The second-order valence-corrected chi connectivity index (χ2v) is 8.40. The molecule has 0 bridgehead atoms. The zero-order valence-electron chi connectivity index (χ0n) is 15.9. The number of hydrogen-bond acceptors (Lipinski definition) is 5. The van der Waals surface area contributed by atoms with Crippen LogP contribution in [0.25, 0.3) is 0 Å². The molecular formula is C19H25F3N2O3S. The molecule has 0 saturated carbocycles. The molecule has 9 heteroatoms. The normalized spacial score (nSPS) is 17.3. The largest absolute Gasteiger partial charge is 0.490 e. The SMILES string of the molecule is CC(C)(OC(=O)C(F)(F)F)C(SCc1ccccc1)[C@H](N)C(=O)N1CCCC1. The number of ether oxygens (including phenoxy) is 1. The van der Waals surface area contributed by atoms with Gasteiger partial charge in [0.2, 0.25) is 5.91 Å². The van der Waals surface area contributed by atoms with Crippen LogP contribution >= 0.6 is 11.8 Å². The van der Waals surface area contributed by atoms with Gasteiger partial charge in [-0.2, -0.15) is 13.2 Å². The van der Waals surface area contributed by atoms with Crippen molar-refractivity contribution < 1.29 is 27.5 Å². The summed E-state index contributed by atoms with van der Waals surface area (Å²) in [6.07, 6.45) is -3.38. The first-order valence-corrected chi connectivity index (χ1v) is 10.1. The minimum Gasteiger partial charge on any atom is -0.452 e. The number of nitrogens with zero attached hydrogens (tertiary/aromatic N) is 1. The number of hydrogen-bond donors (Lipinski definition) is 1.